The van der Waals surface area contributed by atoms with Gasteiger partial charge in [0.1, 0.15) is 5.03 Å². The third-order valence-electron chi connectivity index (χ3n) is 4.94. The fourth-order valence-electron chi connectivity index (χ4n) is 3.66. The fraction of sp³-hybridized carbons (Fsp3) is 0.550. The van der Waals surface area contributed by atoms with Gasteiger partial charge in [-0.3, -0.25) is 4.79 Å². The van der Waals surface area contributed by atoms with Gasteiger partial charge in [-0.25, -0.2) is 9.97 Å². The monoisotopic (exact) mass is 402 g/mol. The van der Waals surface area contributed by atoms with E-state index < -0.39 is 0 Å². The Kier molecular flexibility index (Phi) is 5.99. The van der Waals surface area contributed by atoms with Gasteiger partial charge in [-0.05, 0) is 26.0 Å². The lowest BCUT2D eigenvalue weighted by Gasteiger charge is -2.36. The Morgan fingerprint density at radius 2 is 1.75 bits per heavy atom. The van der Waals surface area contributed by atoms with E-state index in [1.54, 1.807) is 0 Å². The van der Waals surface area contributed by atoms with E-state index in [4.69, 9.17) is 19.4 Å². The van der Waals surface area contributed by atoms with Crippen LogP contribution in [0, 0.1) is 0 Å². The van der Waals surface area contributed by atoms with E-state index in [1.807, 2.05) is 29.2 Å². The van der Waals surface area contributed by atoms with Crippen molar-refractivity contribution >= 4 is 34.5 Å². The second kappa shape index (κ2) is 8.63. The van der Waals surface area contributed by atoms with Crippen molar-refractivity contribution in [2.45, 2.75) is 31.1 Å². The lowest BCUT2D eigenvalue weighted by molar-refractivity contribution is -0.132. The molecule has 4 rings (SSSR count). The molecule has 2 saturated heterocycles. The number of nitrogens with zero attached hydrogens (tertiary/aromatic N) is 4. The Bertz CT molecular complexity index is 833. The Labute approximate surface area is 169 Å². The molecule has 2 aromatic rings. The Hall–Kier alpha value is -1.90. The number of hydrogen-bond acceptors (Lipinski definition) is 7. The minimum atomic E-state index is 0.123. The van der Waals surface area contributed by atoms with Crippen LogP contribution < -0.4 is 4.90 Å². The number of thioether (sulfide) groups is 1. The second-order valence-electron chi connectivity index (χ2n) is 7.29. The molecule has 0 unspecified atom stereocenters. The molecule has 1 aromatic carbocycles. The Morgan fingerprint density at radius 3 is 2.43 bits per heavy atom. The first-order chi connectivity index (χ1) is 13.6. The summed E-state index contributed by atoms with van der Waals surface area (Å²) in [7, 11) is 0. The molecule has 0 bridgehead atoms. The molecule has 8 heteroatoms. The van der Waals surface area contributed by atoms with Crippen LogP contribution in [0.15, 0.2) is 29.3 Å². The number of morpholine rings is 2. The molecule has 0 spiro atoms. The van der Waals surface area contributed by atoms with Gasteiger partial charge in [-0.2, -0.15) is 0 Å². The zero-order valence-electron chi connectivity index (χ0n) is 16.3. The van der Waals surface area contributed by atoms with Gasteiger partial charge in [-0.15, -0.1) is 0 Å². The number of hydrogen-bond donors (Lipinski definition) is 0. The highest BCUT2D eigenvalue weighted by Crippen LogP contribution is 2.31. The number of aromatic nitrogens is 2. The predicted octanol–water partition coefficient (Wildman–Crippen LogP) is 2.19. The van der Waals surface area contributed by atoms with Crippen LogP contribution in [0.25, 0.3) is 11.0 Å². The van der Waals surface area contributed by atoms with Crippen molar-refractivity contribution in [1.29, 1.82) is 0 Å². The van der Waals surface area contributed by atoms with Crippen molar-refractivity contribution in [2.24, 2.45) is 0 Å². The van der Waals surface area contributed by atoms with Crippen molar-refractivity contribution in [1.82, 2.24) is 14.9 Å². The van der Waals surface area contributed by atoms with E-state index >= 15 is 0 Å². The Balaban J connectivity index is 1.58. The van der Waals surface area contributed by atoms with Gasteiger partial charge in [-0.1, -0.05) is 23.9 Å². The van der Waals surface area contributed by atoms with Gasteiger partial charge in [0.2, 0.25) is 5.91 Å². The normalized spacial score (nSPS) is 23.2. The van der Waals surface area contributed by atoms with Gasteiger partial charge in [0, 0.05) is 26.2 Å². The minimum absolute atomic E-state index is 0.123. The fourth-order valence-corrected chi connectivity index (χ4v) is 4.57. The molecule has 2 aliphatic rings. The number of para-hydroxylation sites is 2. The maximum absolute atomic E-state index is 12.6. The molecular weight excluding hydrogens is 376 g/mol. The highest BCUT2D eigenvalue weighted by Gasteiger charge is 2.27. The van der Waals surface area contributed by atoms with Gasteiger partial charge in [0.15, 0.2) is 5.82 Å². The summed E-state index contributed by atoms with van der Waals surface area (Å²) in [5.74, 6) is 1.33. The number of rotatable bonds is 4. The van der Waals surface area contributed by atoms with Gasteiger partial charge in [0.05, 0.1) is 42.2 Å². The van der Waals surface area contributed by atoms with E-state index in [9.17, 15) is 4.79 Å². The number of fused-ring (bicyclic) bond motifs is 1. The van der Waals surface area contributed by atoms with E-state index in [0.717, 1.165) is 35.0 Å². The minimum Gasteiger partial charge on any atom is -0.378 e. The summed E-state index contributed by atoms with van der Waals surface area (Å²) in [5, 5.41) is 0.807. The summed E-state index contributed by atoms with van der Waals surface area (Å²) >= 11 is 1.47. The second-order valence-corrected chi connectivity index (χ2v) is 8.25. The molecule has 0 radical (unpaired) electrons. The summed E-state index contributed by atoms with van der Waals surface area (Å²) in [6, 6.07) is 7.88. The third-order valence-corrected chi connectivity index (χ3v) is 5.88. The smallest absolute Gasteiger partial charge is 0.233 e. The van der Waals surface area contributed by atoms with Crippen molar-refractivity contribution in [2.75, 3.05) is 50.0 Å². The number of amides is 1. The Morgan fingerprint density at radius 1 is 1.11 bits per heavy atom. The first-order valence-corrected chi connectivity index (χ1v) is 10.7. The van der Waals surface area contributed by atoms with E-state index in [-0.39, 0.29) is 18.1 Å². The molecule has 2 aliphatic heterocycles. The lowest BCUT2D eigenvalue weighted by atomic mass is 10.2. The molecule has 0 saturated carbocycles. The van der Waals surface area contributed by atoms with Crippen LogP contribution in [0.5, 0.6) is 0 Å². The topological polar surface area (TPSA) is 67.8 Å². The average Bonchev–Trinajstić information content (AvgIpc) is 2.71. The highest BCUT2D eigenvalue weighted by atomic mass is 32.2. The molecule has 1 amide bonds. The predicted molar refractivity (Wildman–Crippen MR) is 110 cm³/mol. The van der Waals surface area contributed by atoms with Crippen LogP contribution in [0.1, 0.15) is 13.8 Å². The van der Waals surface area contributed by atoms with Crippen LogP contribution in [-0.2, 0) is 14.3 Å². The molecule has 150 valence electrons. The molecule has 0 aliphatic carbocycles. The summed E-state index contributed by atoms with van der Waals surface area (Å²) < 4.78 is 11.2. The molecule has 28 heavy (non-hydrogen) atoms. The van der Waals surface area contributed by atoms with Crippen LogP contribution >= 0.6 is 11.8 Å². The number of benzene rings is 1. The summed E-state index contributed by atoms with van der Waals surface area (Å²) in [6.45, 7) is 8.23. The summed E-state index contributed by atoms with van der Waals surface area (Å²) in [6.07, 6.45) is 0.259. The van der Waals surface area contributed by atoms with E-state index in [2.05, 4.69) is 18.7 Å². The molecule has 2 fully saturated rings. The van der Waals surface area contributed by atoms with Crippen molar-refractivity contribution in [3.8, 4) is 0 Å². The molecule has 7 nitrogen and oxygen atoms in total. The van der Waals surface area contributed by atoms with Crippen LogP contribution in [0.2, 0.25) is 0 Å². The molecule has 2 atom stereocenters. The van der Waals surface area contributed by atoms with Crippen molar-refractivity contribution in [3.63, 3.8) is 0 Å². The summed E-state index contributed by atoms with van der Waals surface area (Å²) in [4.78, 5) is 26.4. The first kappa shape index (κ1) is 19.4. The zero-order valence-corrected chi connectivity index (χ0v) is 17.2. The maximum atomic E-state index is 12.6. The first-order valence-electron chi connectivity index (χ1n) is 9.75. The maximum Gasteiger partial charge on any atom is 0.233 e. The van der Waals surface area contributed by atoms with E-state index in [0.29, 0.717) is 32.1 Å². The van der Waals surface area contributed by atoms with Crippen LogP contribution in [0.4, 0.5) is 5.82 Å². The number of ether oxygens (including phenoxy) is 2. The highest BCUT2D eigenvalue weighted by molar-refractivity contribution is 8.00. The van der Waals surface area contributed by atoms with Gasteiger partial charge >= 0.3 is 0 Å². The van der Waals surface area contributed by atoms with Gasteiger partial charge in [0.25, 0.3) is 0 Å². The molecule has 0 N–H and O–H groups in total. The standard InChI is InChI=1S/C20H26N4O3S/c1-14-11-24(12-15(2)27-14)19-20(22-17-6-4-3-5-16(17)21-19)28-13-18(25)23-7-9-26-10-8-23/h3-6,14-15H,7-13H2,1-2H3/t14-,15+. The number of carbonyl (C=O) groups excluding carboxylic acids is 1. The van der Waals surface area contributed by atoms with Crippen LogP contribution in [-0.4, -0.2) is 78.1 Å². The third kappa shape index (κ3) is 4.39. The number of carbonyl (C=O) groups is 1. The lowest BCUT2D eigenvalue weighted by Crippen LogP contribution is -2.46. The van der Waals surface area contributed by atoms with Gasteiger partial charge < -0.3 is 19.3 Å². The number of anilines is 1. The molecular formula is C20H26N4O3S. The largest absolute Gasteiger partial charge is 0.378 e. The van der Waals surface area contributed by atoms with Crippen molar-refractivity contribution in [3.05, 3.63) is 24.3 Å². The van der Waals surface area contributed by atoms with Crippen LogP contribution in [0.3, 0.4) is 0 Å². The molecule has 3 heterocycles. The average molecular weight is 403 g/mol. The van der Waals surface area contributed by atoms with Crippen molar-refractivity contribution < 1.29 is 14.3 Å². The van der Waals surface area contributed by atoms with E-state index in [1.165, 1.54) is 11.8 Å². The SMILES string of the molecule is C[C@@H]1CN(c2nc3ccccc3nc2SCC(=O)N2CCOCC2)C[C@H](C)O1. The zero-order chi connectivity index (χ0) is 19.5. The summed E-state index contributed by atoms with van der Waals surface area (Å²) in [5.41, 5.74) is 1.72. The molecule has 1 aromatic heterocycles. The quantitative estimate of drug-likeness (QED) is 0.726.